The number of rotatable bonds is 6. The van der Waals surface area contributed by atoms with Gasteiger partial charge in [0.05, 0.1) is 7.11 Å². The molecule has 0 bridgehead atoms. The van der Waals surface area contributed by atoms with Crippen molar-refractivity contribution in [2.45, 2.75) is 38.3 Å². The fraction of sp³-hybridized carbons (Fsp3) is 0.400. The number of likely N-dealkylation sites (N-methyl/N-ethyl adjacent to an activating group) is 1. The monoisotopic (exact) mass is 473 g/mol. The summed E-state index contributed by atoms with van der Waals surface area (Å²) in [6.07, 6.45) is 1.70. The van der Waals surface area contributed by atoms with E-state index in [1.54, 1.807) is 38.4 Å². The van der Waals surface area contributed by atoms with Crippen LogP contribution < -0.4 is 15.4 Å². The lowest BCUT2D eigenvalue weighted by Gasteiger charge is -2.24. The van der Waals surface area contributed by atoms with Crippen LogP contribution in [-0.2, 0) is 16.1 Å². The first kappa shape index (κ1) is 25.1. The van der Waals surface area contributed by atoms with Crippen LogP contribution in [0.25, 0.3) is 0 Å². The first-order valence-corrected chi connectivity index (χ1v) is 11.2. The number of nitrogens with zero attached hydrogens (tertiary/aromatic N) is 1. The van der Waals surface area contributed by atoms with Crippen molar-refractivity contribution in [3.05, 3.63) is 65.2 Å². The quantitative estimate of drug-likeness (QED) is 0.675. The van der Waals surface area contributed by atoms with Crippen LogP contribution in [0.3, 0.4) is 0 Å². The van der Waals surface area contributed by atoms with Crippen LogP contribution in [0.2, 0.25) is 0 Å². The fourth-order valence-corrected chi connectivity index (χ4v) is 4.00. The minimum atomic E-state index is -0.716. The van der Waals surface area contributed by atoms with Gasteiger partial charge in [-0.2, -0.15) is 0 Å². The summed E-state index contributed by atoms with van der Waals surface area (Å²) in [5, 5.41) is 5.65. The Hall–Kier alpha value is -3.49. The Morgan fingerprint density at radius 2 is 1.76 bits per heavy atom. The summed E-state index contributed by atoms with van der Waals surface area (Å²) in [6.45, 7) is 0.298. The van der Waals surface area contributed by atoms with E-state index < -0.39 is 17.6 Å². The van der Waals surface area contributed by atoms with Crippen molar-refractivity contribution in [3.63, 3.8) is 0 Å². The van der Waals surface area contributed by atoms with E-state index in [-0.39, 0.29) is 36.7 Å². The van der Waals surface area contributed by atoms with E-state index in [0.717, 1.165) is 18.2 Å². The number of amides is 3. The van der Waals surface area contributed by atoms with Gasteiger partial charge in [-0.15, -0.1) is 0 Å². The Morgan fingerprint density at radius 1 is 1.09 bits per heavy atom. The number of ether oxygens (including phenoxy) is 1. The molecule has 7 nitrogen and oxygen atoms in total. The molecule has 1 heterocycles. The molecule has 0 spiro atoms. The molecule has 0 saturated carbocycles. The molecule has 3 rings (SSSR count). The number of hydrogen-bond donors (Lipinski definition) is 2. The maximum Gasteiger partial charge on any atom is 0.251 e. The normalized spacial score (nSPS) is 18.9. The van der Waals surface area contributed by atoms with Gasteiger partial charge in [-0.3, -0.25) is 14.4 Å². The van der Waals surface area contributed by atoms with Gasteiger partial charge in [-0.25, -0.2) is 8.78 Å². The molecule has 3 amide bonds. The van der Waals surface area contributed by atoms with Crippen molar-refractivity contribution in [1.29, 1.82) is 0 Å². The van der Waals surface area contributed by atoms with E-state index in [2.05, 4.69) is 10.6 Å². The maximum absolute atomic E-state index is 13.4. The number of benzene rings is 2. The summed E-state index contributed by atoms with van der Waals surface area (Å²) in [5.74, 6) is -2.14. The summed E-state index contributed by atoms with van der Waals surface area (Å²) in [7, 11) is 3.19. The Labute approximate surface area is 197 Å². The summed E-state index contributed by atoms with van der Waals surface area (Å²) in [4.78, 5) is 39.6. The van der Waals surface area contributed by atoms with Crippen molar-refractivity contribution in [1.82, 2.24) is 15.5 Å². The smallest absolute Gasteiger partial charge is 0.251 e. The van der Waals surface area contributed by atoms with Gasteiger partial charge in [0.25, 0.3) is 5.91 Å². The Morgan fingerprint density at radius 3 is 2.41 bits per heavy atom. The molecule has 2 atom stereocenters. The molecule has 2 aromatic carbocycles. The Bertz CT molecular complexity index is 1010. The van der Waals surface area contributed by atoms with E-state index in [9.17, 15) is 23.2 Å². The van der Waals surface area contributed by atoms with Crippen LogP contribution in [0.4, 0.5) is 8.78 Å². The second-order valence-corrected chi connectivity index (χ2v) is 8.50. The highest BCUT2D eigenvalue weighted by Crippen LogP contribution is 2.20. The van der Waals surface area contributed by atoms with E-state index in [4.69, 9.17) is 4.74 Å². The van der Waals surface area contributed by atoms with Gasteiger partial charge in [0.1, 0.15) is 17.4 Å². The summed E-state index contributed by atoms with van der Waals surface area (Å²) in [5.41, 5.74) is 0.791. The molecular formula is C25H29F2N3O4. The molecule has 1 saturated heterocycles. The lowest BCUT2D eigenvalue weighted by atomic mass is 9.96. The topological polar surface area (TPSA) is 87.7 Å². The van der Waals surface area contributed by atoms with Gasteiger partial charge in [0.2, 0.25) is 11.8 Å². The number of hydrogen-bond acceptors (Lipinski definition) is 4. The Kier molecular flexibility index (Phi) is 8.56. The lowest BCUT2D eigenvalue weighted by molar-refractivity contribution is -0.135. The number of nitrogens with one attached hydrogen (secondary N) is 2. The van der Waals surface area contributed by atoms with Crippen LogP contribution in [0.15, 0.2) is 42.5 Å². The number of carbonyl (C=O) groups is 3. The average molecular weight is 474 g/mol. The van der Waals surface area contributed by atoms with E-state index in [0.29, 0.717) is 42.7 Å². The molecule has 0 aromatic heterocycles. The van der Waals surface area contributed by atoms with Crippen molar-refractivity contribution >= 4 is 17.7 Å². The average Bonchev–Trinajstić information content (AvgIpc) is 2.86. The fourth-order valence-electron chi connectivity index (χ4n) is 4.00. The van der Waals surface area contributed by atoms with Gasteiger partial charge >= 0.3 is 0 Å². The molecule has 9 heteroatoms. The first-order chi connectivity index (χ1) is 16.2. The summed E-state index contributed by atoms with van der Waals surface area (Å²) >= 11 is 0. The van der Waals surface area contributed by atoms with Gasteiger partial charge in [-0.05, 0) is 54.8 Å². The third-order valence-electron chi connectivity index (χ3n) is 5.89. The summed E-state index contributed by atoms with van der Waals surface area (Å²) in [6, 6.07) is 9.56. The van der Waals surface area contributed by atoms with E-state index in [1.165, 1.54) is 4.90 Å². The highest BCUT2D eigenvalue weighted by molar-refractivity contribution is 5.94. The number of carbonyl (C=O) groups excluding carboxylic acids is 3. The second-order valence-electron chi connectivity index (χ2n) is 8.50. The predicted molar refractivity (Wildman–Crippen MR) is 122 cm³/mol. The highest BCUT2D eigenvalue weighted by Gasteiger charge is 2.27. The van der Waals surface area contributed by atoms with Crippen molar-refractivity contribution < 1.29 is 27.9 Å². The maximum atomic E-state index is 13.4. The Balaban J connectivity index is 1.59. The van der Waals surface area contributed by atoms with Crippen LogP contribution >= 0.6 is 0 Å². The van der Waals surface area contributed by atoms with Gasteiger partial charge < -0.3 is 20.3 Å². The predicted octanol–water partition coefficient (Wildman–Crippen LogP) is 3.04. The molecule has 2 aromatic rings. The molecule has 0 aliphatic carbocycles. The lowest BCUT2D eigenvalue weighted by Crippen LogP contribution is -2.44. The highest BCUT2D eigenvalue weighted by atomic mass is 19.1. The third-order valence-corrected chi connectivity index (χ3v) is 5.89. The van der Waals surface area contributed by atoms with E-state index in [1.807, 2.05) is 0 Å². The molecule has 182 valence electrons. The van der Waals surface area contributed by atoms with Crippen molar-refractivity contribution in [3.8, 4) is 5.75 Å². The first-order valence-electron chi connectivity index (χ1n) is 11.2. The minimum absolute atomic E-state index is 0.0268. The molecule has 34 heavy (non-hydrogen) atoms. The third kappa shape index (κ3) is 7.00. The van der Waals surface area contributed by atoms with Crippen LogP contribution in [0.5, 0.6) is 5.75 Å². The van der Waals surface area contributed by atoms with E-state index >= 15 is 0 Å². The minimum Gasteiger partial charge on any atom is -0.497 e. The van der Waals surface area contributed by atoms with Gasteiger partial charge in [0, 0.05) is 50.1 Å². The number of halogens is 2. The van der Waals surface area contributed by atoms with Crippen LogP contribution in [0, 0.1) is 17.6 Å². The summed E-state index contributed by atoms with van der Waals surface area (Å²) < 4.78 is 31.9. The molecule has 2 N–H and O–H groups in total. The zero-order valence-electron chi connectivity index (χ0n) is 19.3. The standard InChI is InChI=1S/C25H29F2N3O4/c1-30-15-21(29-25(33)17-6-8-22(34-2)9-7-17)5-3-4-18(12-23(30)31)24(32)28-14-16-10-19(26)13-20(27)11-16/h6-11,13,18,21H,3-5,12,14-15H2,1-2H3,(H,28,32)(H,29,33)/t18-,21-/m1/s1. The molecular weight excluding hydrogens is 444 g/mol. The molecule has 0 radical (unpaired) electrons. The van der Waals surface area contributed by atoms with Gasteiger partial charge in [-0.1, -0.05) is 6.42 Å². The van der Waals surface area contributed by atoms with Gasteiger partial charge in [0.15, 0.2) is 0 Å². The van der Waals surface area contributed by atoms with Crippen molar-refractivity contribution in [2.24, 2.45) is 5.92 Å². The zero-order valence-corrected chi connectivity index (χ0v) is 19.3. The van der Waals surface area contributed by atoms with Crippen LogP contribution in [0.1, 0.15) is 41.6 Å². The molecule has 1 aliphatic rings. The SMILES string of the molecule is COc1ccc(C(=O)N[C@@H]2CCC[C@@H](C(=O)NCc3cc(F)cc(F)c3)CC(=O)N(C)C2)cc1. The molecule has 0 unspecified atom stereocenters. The number of methoxy groups -OCH3 is 1. The molecule has 1 aliphatic heterocycles. The van der Waals surface area contributed by atoms with Crippen molar-refractivity contribution in [2.75, 3.05) is 20.7 Å². The molecule has 1 fully saturated rings. The second kappa shape index (κ2) is 11.6. The largest absolute Gasteiger partial charge is 0.497 e. The zero-order chi connectivity index (χ0) is 24.7. The van der Waals surface area contributed by atoms with Crippen LogP contribution in [-0.4, -0.2) is 49.4 Å².